The molecule has 0 aliphatic rings. The number of phenolic OH excluding ortho intramolecular Hbond substituents is 1. The summed E-state index contributed by atoms with van der Waals surface area (Å²) in [7, 11) is 1.60. The van der Waals surface area contributed by atoms with Crippen molar-refractivity contribution < 1.29 is 9.84 Å². The van der Waals surface area contributed by atoms with Crippen molar-refractivity contribution in [3.05, 3.63) is 60.2 Å². The summed E-state index contributed by atoms with van der Waals surface area (Å²) < 4.78 is 5.48. The summed E-state index contributed by atoms with van der Waals surface area (Å²) in [6.45, 7) is 2.05. The Kier molecular flexibility index (Phi) is 2.73. The highest BCUT2D eigenvalue weighted by molar-refractivity contribution is 6.18. The number of phenols is 1. The molecule has 4 aromatic rings. The Balaban J connectivity index is 2.36. The highest BCUT2D eigenvalue weighted by Gasteiger charge is 2.17. The molecule has 0 heterocycles. The van der Waals surface area contributed by atoms with Gasteiger partial charge in [-0.1, -0.05) is 48.5 Å². The Morgan fingerprint density at radius 2 is 1.45 bits per heavy atom. The topological polar surface area (TPSA) is 29.5 Å². The first-order chi connectivity index (χ1) is 10.7. The van der Waals surface area contributed by atoms with Crippen molar-refractivity contribution >= 4 is 32.3 Å². The molecule has 0 fully saturated rings. The number of hydrogen-bond donors (Lipinski definition) is 1. The molecule has 0 aliphatic carbocycles. The highest BCUT2D eigenvalue weighted by atomic mass is 16.5. The standard InChI is InChI=1S/C20H16O2/c1-12-14-8-4-3-7-13(14)11-17-15-9-5-6-10-16(15)20(22-2)19(21)18(12)17/h3-11,21H,1-2H3. The van der Waals surface area contributed by atoms with Gasteiger partial charge >= 0.3 is 0 Å². The molecule has 0 aliphatic heterocycles. The fourth-order valence-electron chi connectivity index (χ4n) is 3.41. The van der Waals surface area contributed by atoms with Gasteiger partial charge in [0.15, 0.2) is 11.5 Å². The van der Waals surface area contributed by atoms with Crippen LogP contribution in [0.1, 0.15) is 5.56 Å². The van der Waals surface area contributed by atoms with Crippen molar-refractivity contribution in [2.45, 2.75) is 6.92 Å². The monoisotopic (exact) mass is 288 g/mol. The number of benzene rings is 4. The third kappa shape index (κ3) is 1.61. The van der Waals surface area contributed by atoms with E-state index in [0.717, 1.165) is 32.5 Å². The summed E-state index contributed by atoms with van der Waals surface area (Å²) in [5.74, 6) is 0.765. The Morgan fingerprint density at radius 3 is 2.18 bits per heavy atom. The van der Waals surface area contributed by atoms with Crippen LogP contribution in [0.3, 0.4) is 0 Å². The summed E-state index contributed by atoms with van der Waals surface area (Å²) in [6, 6.07) is 18.5. The quantitative estimate of drug-likeness (QED) is 0.387. The van der Waals surface area contributed by atoms with Gasteiger partial charge in [-0.3, -0.25) is 0 Å². The molecule has 0 unspecified atom stereocenters. The van der Waals surface area contributed by atoms with Crippen molar-refractivity contribution in [3.63, 3.8) is 0 Å². The lowest BCUT2D eigenvalue weighted by molar-refractivity contribution is 0.381. The lowest BCUT2D eigenvalue weighted by Crippen LogP contribution is -1.91. The van der Waals surface area contributed by atoms with Gasteiger partial charge < -0.3 is 9.84 Å². The van der Waals surface area contributed by atoms with Crippen molar-refractivity contribution in [1.82, 2.24) is 0 Å². The van der Waals surface area contributed by atoms with Gasteiger partial charge in [-0.15, -0.1) is 0 Å². The van der Waals surface area contributed by atoms with Crippen LogP contribution in [0, 0.1) is 6.92 Å². The van der Waals surface area contributed by atoms with E-state index in [1.54, 1.807) is 7.11 Å². The molecule has 108 valence electrons. The molecule has 0 radical (unpaired) electrons. The van der Waals surface area contributed by atoms with Crippen LogP contribution in [0.5, 0.6) is 11.5 Å². The zero-order valence-corrected chi connectivity index (χ0v) is 12.6. The molecule has 0 saturated heterocycles. The van der Waals surface area contributed by atoms with Crippen LogP contribution in [0.25, 0.3) is 32.3 Å². The largest absolute Gasteiger partial charge is 0.504 e. The second-order valence-corrected chi connectivity index (χ2v) is 5.57. The SMILES string of the molecule is COc1c(O)c2c(C)c3ccccc3cc2c2ccccc12. The van der Waals surface area contributed by atoms with E-state index in [2.05, 4.69) is 31.2 Å². The molecular formula is C20H16O2. The van der Waals surface area contributed by atoms with E-state index >= 15 is 0 Å². The number of ether oxygens (including phenoxy) is 1. The van der Waals surface area contributed by atoms with Gasteiger partial charge in [0, 0.05) is 10.8 Å². The maximum Gasteiger partial charge on any atom is 0.168 e. The lowest BCUT2D eigenvalue weighted by atomic mass is 9.93. The first-order valence-corrected chi connectivity index (χ1v) is 7.32. The predicted octanol–water partition coefficient (Wildman–Crippen LogP) is 5.17. The van der Waals surface area contributed by atoms with Crippen LogP contribution < -0.4 is 4.74 Å². The van der Waals surface area contributed by atoms with Gasteiger partial charge in [0.05, 0.1) is 7.11 Å². The maximum absolute atomic E-state index is 10.8. The summed E-state index contributed by atoms with van der Waals surface area (Å²) in [5, 5.41) is 17.1. The number of aryl methyl sites for hydroxylation is 1. The number of hydrogen-bond acceptors (Lipinski definition) is 2. The minimum absolute atomic E-state index is 0.222. The number of rotatable bonds is 1. The Hall–Kier alpha value is -2.74. The zero-order chi connectivity index (χ0) is 15.3. The van der Waals surface area contributed by atoms with Crippen LogP contribution >= 0.6 is 0 Å². The normalized spacial score (nSPS) is 11.4. The Labute approximate surface area is 128 Å². The van der Waals surface area contributed by atoms with Gasteiger partial charge in [0.25, 0.3) is 0 Å². The highest BCUT2D eigenvalue weighted by Crippen LogP contribution is 2.45. The van der Waals surface area contributed by atoms with Crippen LogP contribution in [0.4, 0.5) is 0 Å². The summed E-state index contributed by atoms with van der Waals surface area (Å²) in [5.41, 5.74) is 1.08. The molecule has 4 rings (SSSR count). The summed E-state index contributed by atoms with van der Waals surface area (Å²) >= 11 is 0. The minimum atomic E-state index is 0.222. The maximum atomic E-state index is 10.8. The molecule has 1 N–H and O–H groups in total. The molecule has 0 spiro atoms. The molecule has 0 amide bonds. The third-order valence-corrected chi connectivity index (χ3v) is 4.43. The smallest absolute Gasteiger partial charge is 0.168 e. The molecule has 22 heavy (non-hydrogen) atoms. The molecule has 0 saturated carbocycles. The zero-order valence-electron chi connectivity index (χ0n) is 12.6. The van der Waals surface area contributed by atoms with E-state index in [9.17, 15) is 5.11 Å². The molecule has 0 atom stereocenters. The van der Waals surface area contributed by atoms with E-state index in [1.807, 2.05) is 30.3 Å². The minimum Gasteiger partial charge on any atom is -0.504 e. The molecule has 2 heteroatoms. The number of fused-ring (bicyclic) bond motifs is 4. The lowest BCUT2D eigenvalue weighted by Gasteiger charge is -2.15. The van der Waals surface area contributed by atoms with E-state index in [-0.39, 0.29) is 5.75 Å². The van der Waals surface area contributed by atoms with Gasteiger partial charge in [-0.05, 0) is 40.1 Å². The van der Waals surface area contributed by atoms with Crippen molar-refractivity contribution in [2.75, 3.05) is 7.11 Å². The number of methoxy groups -OCH3 is 1. The Morgan fingerprint density at radius 1 is 0.818 bits per heavy atom. The Bertz CT molecular complexity index is 1030. The van der Waals surface area contributed by atoms with Gasteiger partial charge in [0.1, 0.15) is 0 Å². The fourth-order valence-corrected chi connectivity index (χ4v) is 3.41. The fraction of sp³-hybridized carbons (Fsp3) is 0.100. The van der Waals surface area contributed by atoms with Gasteiger partial charge in [-0.25, -0.2) is 0 Å². The molecule has 2 nitrogen and oxygen atoms in total. The summed E-state index contributed by atoms with van der Waals surface area (Å²) in [4.78, 5) is 0. The second kappa shape index (κ2) is 4.63. The molecule has 0 bridgehead atoms. The van der Waals surface area contributed by atoms with Crippen molar-refractivity contribution in [2.24, 2.45) is 0 Å². The van der Waals surface area contributed by atoms with E-state index in [4.69, 9.17) is 4.74 Å². The second-order valence-electron chi connectivity index (χ2n) is 5.57. The van der Waals surface area contributed by atoms with E-state index in [0.29, 0.717) is 5.75 Å². The van der Waals surface area contributed by atoms with Crippen molar-refractivity contribution in [3.8, 4) is 11.5 Å². The summed E-state index contributed by atoms with van der Waals surface area (Å²) in [6.07, 6.45) is 0. The van der Waals surface area contributed by atoms with Gasteiger partial charge in [0.2, 0.25) is 0 Å². The predicted molar refractivity (Wildman–Crippen MR) is 91.9 cm³/mol. The molecule has 4 aromatic carbocycles. The van der Waals surface area contributed by atoms with Crippen LogP contribution in [-0.2, 0) is 0 Å². The van der Waals surface area contributed by atoms with E-state index in [1.165, 1.54) is 5.39 Å². The van der Waals surface area contributed by atoms with Gasteiger partial charge in [-0.2, -0.15) is 0 Å². The molecule has 0 aromatic heterocycles. The first kappa shape index (κ1) is 13.0. The number of aromatic hydroxyl groups is 1. The van der Waals surface area contributed by atoms with Crippen LogP contribution in [0.2, 0.25) is 0 Å². The van der Waals surface area contributed by atoms with Crippen LogP contribution in [0.15, 0.2) is 54.6 Å². The third-order valence-electron chi connectivity index (χ3n) is 4.43. The first-order valence-electron chi connectivity index (χ1n) is 7.32. The van der Waals surface area contributed by atoms with E-state index < -0.39 is 0 Å². The average molecular weight is 288 g/mol. The molecular weight excluding hydrogens is 272 g/mol. The van der Waals surface area contributed by atoms with Crippen LogP contribution in [-0.4, -0.2) is 12.2 Å². The average Bonchev–Trinajstić information content (AvgIpc) is 2.55. The van der Waals surface area contributed by atoms with Crippen molar-refractivity contribution in [1.29, 1.82) is 0 Å².